The van der Waals surface area contributed by atoms with Crippen LogP contribution < -0.4 is 9.84 Å². The van der Waals surface area contributed by atoms with Gasteiger partial charge in [-0.15, -0.1) is 0 Å². The SMILES string of the molecule is O=C([O-])COc1cccc2c1CCC(CCCO)C2. The van der Waals surface area contributed by atoms with E-state index < -0.39 is 12.6 Å². The lowest BCUT2D eigenvalue weighted by molar-refractivity contribution is -0.307. The van der Waals surface area contributed by atoms with Crippen molar-refractivity contribution in [1.29, 1.82) is 0 Å². The van der Waals surface area contributed by atoms with E-state index in [1.807, 2.05) is 12.1 Å². The van der Waals surface area contributed by atoms with E-state index in [0.717, 1.165) is 37.7 Å². The summed E-state index contributed by atoms with van der Waals surface area (Å²) in [4.78, 5) is 10.5. The Morgan fingerprint density at radius 1 is 1.47 bits per heavy atom. The van der Waals surface area contributed by atoms with Crippen LogP contribution in [0.2, 0.25) is 0 Å². The van der Waals surface area contributed by atoms with Crippen molar-refractivity contribution in [2.75, 3.05) is 13.2 Å². The summed E-state index contributed by atoms with van der Waals surface area (Å²) in [5, 5.41) is 19.3. The number of aliphatic hydroxyl groups is 1. The summed E-state index contributed by atoms with van der Waals surface area (Å²) in [7, 11) is 0. The molecule has 0 radical (unpaired) electrons. The minimum atomic E-state index is -1.20. The molecule has 0 saturated carbocycles. The Hall–Kier alpha value is -1.55. The van der Waals surface area contributed by atoms with E-state index in [4.69, 9.17) is 9.84 Å². The second-order valence-corrected chi connectivity index (χ2v) is 5.03. The molecule has 2 rings (SSSR count). The quantitative estimate of drug-likeness (QED) is 0.820. The maximum Gasteiger partial charge on any atom is 0.128 e. The number of carboxylic acids is 1. The molecule has 1 aliphatic carbocycles. The van der Waals surface area contributed by atoms with Gasteiger partial charge in [-0.2, -0.15) is 0 Å². The lowest BCUT2D eigenvalue weighted by Crippen LogP contribution is -2.29. The van der Waals surface area contributed by atoms with Crippen LogP contribution in [0.3, 0.4) is 0 Å². The first-order valence-electron chi connectivity index (χ1n) is 6.75. The second-order valence-electron chi connectivity index (χ2n) is 5.03. The molecule has 1 atom stereocenters. The summed E-state index contributed by atoms with van der Waals surface area (Å²) >= 11 is 0. The number of aliphatic hydroxyl groups excluding tert-OH is 1. The number of rotatable bonds is 6. The minimum absolute atomic E-state index is 0.248. The van der Waals surface area contributed by atoms with Crippen molar-refractivity contribution in [3.63, 3.8) is 0 Å². The zero-order chi connectivity index (χ0) is 13.7. The first-order chi connectivity index (χ1) is 9.20. The number of hydrogen-bond acceptors (Lipinski definition) is 4. The standard InChI is InChI=1S/C15H20O4/c16-8-2-3-11-6-7-13-12(9-11)4-1-5-14(13)19-10-15(17)18/h1,4-5,11,16H,2-3,6-10H2,(H,17,18)/p-1. The predicted molar refractivity (Wildman–Crippen MR) is 68.8 cm³/mol. The summed E-state index contributed by atoms with van der Waals surface area (Å²) in [5.41, 5.74) is 2.37. The highest BCUT2D eigenvalue weighted by Crippen LogP contribution is 2.33. The molecule has 0 spiro atoms. The van der Waals surface area contributed by atoms with Crippen molar-refractivity contribution < 1.29 is 19.7 Å². The summed E-state index contributed by atoms with van der Waals surface area (Å²) in [5.74, 6) is 0.0765. The monoisotopic (exact) mass is 263 g/mol. The van der Waals surface area contributed by atoms with Crippen LogP contribution in [0.15, 0.2) is 18.2 Å². The third kappa shape index (κ3) is 3.70. The Morgan fingerprint density at radius 2 is 2.32 bits per heavy atom. The maximum atomic E-state index is 10.5. The van der Waals surface area contributed by atoms with Crippen LogP contribution in [0, 0.1) is 5.92 Å². The molecule has 0 bridgehead atoms. The summed E-state index contributed by atoms with van der Waals surface area (Å²) < 4.78 is 5.28. The second kappa shape index (κ2) is 6.57. The molecule has 1 aromatic carbocycles. The van der Waals surface area contributed by atoms with Crippen LogP contribution in [0.5, 0.6) is 5.75 Å². The Balaban J connectivity index is 2.05. The summed E-state index contributed by atoms with van der Waals surface area (Å²) in [6, 6.07) is 5.79. The number of aliphatic carboxylic acids is 1. The molecular formula is C15H19O4-. The molecule has 4 nitrogen and oxygen atoms in total. The topological polar surface area (TPSA) is 69.6 Å². The number of carboxylic acid groups (broad SMARTS) is 1. The van der Waals surface area contributed by atoms with Crippen LogP contribution in [0.25, 0.3) is 0 Å². The molecule has 104 valence electrons. The molecule has 0 fully saturated rings. The molecule has 19 heavy (non-hydrogen) atoms. The largest absolute Gasteiger partial charge is 0.546 e. The normalized spacial score (nSPS) is 17.8. The van der Waals surface area contributed by atoms with Crippen molar-refractivity contribution >= 4 is 5.97 Å². The van der Waals surface area contributed by atoms with Gasteiger partial charge in [0.25, 0.3) is 0 Å². The van der Waals surface area contributed by atoms with Gasteiger partial charge in [-0.3, -0.25) is 0 Å². The van der Waals surface area contributed by atoms with Gasteiger partial charge in [0.05, 0.1) is 5.97 Å². The van der Waals surface area contributed by atoms with Crippen LogP contribution in [-0.2, 0) is 17.6 Å². The van der Waals surface area contributed by atoms with E-state index in [1.165, 1.54) is 5.56 Å². The van der Waals surface area contributed by atoms with Gasteiger partial charge in [0, 0.05) is 6.61 Å². The van der Waals surface area contributed by atoms with Crippen LogP contribution in [0.4, 0.5) is 0 Å². The van der Waals surface area contributed by atoms with Gasteiger partial charge in [-0.25, -0.2) is 0 Å². The van der Waals surface area contributed by atoms with E-state index >= 15 is 0 Å². The van der Waals surface area contributed by atoms with Crippen LogP contribution >= 0.6 is 0 Å². The summed E-state index contributed by atoms with van der Waals surface area (Å²) in [6.07, 6.45) is 4.85. The van der Waals surface area contributed by atoms with Crippen molar-refractivity contribution in [2.45, 2.75) is 32.1 Å². The van der Waals surface area contributed by atoms with E-state index in [1.54, 1.807) is 0 Å². The Morgan fingerprint density at radius 3 is 3.05 bits per heavy atom. The predicted octanol–water partition coefficient (Wildman–Crippen LogP) is 0.693. The van der Waals surface area contributed by atoms with Gasteiger partial charge in [-0.05, 0) is 55.2 Å². The van der Waals surface area contributed by atoms with Gasteiger partial charge < -0.3 is 19.7 Å². The highest BCUT2D eigenvalue weighted by Gasteiger charge is 2.20. The zero-order valence-electron chi connectivity index (χ0n) is 10.9. The number of hydrogen-bond donors (Lipinski definition) is 1. The average molecular weight is 263 g/mol. The maximum absolute atomic E-state index is 10.5. The van der Waals surface area contributed by atoms with Gasteiger partial charge in [0.15, 0.2) is 0 Å². The molecule has 1 N–H and O–H groups in total. The van der Waals surface area contributed by atoms with Gasteiger partial charge in [0.2, 0.25) is 0 Å². The van der Waals surface area contributed by atoms with Gasteiger partial charge in [0.1, 0.15) is 12.4 Å². The van der Waals surface area contributed by atoms with E-state index in [0.29, 0.717) is 11.7 Å². The van der Waals surface area contributed by atoms with E-state index in [9.17, 15) is 9.90 Å². The Kier molecular flexibility index (Phi) is 4.80. The first kappa shape index (κ1) is 13.9. The molecule has 1 unspecified atom stereocenters. The molecule has 0 amide bonds. The van der Waals surface area contributed by atoms with E-state index in [-0.39, 0.29) is 6.61 Å². The smallest absolute Gasteiger partial charge is 0.128 e. The molecule has 1 aromatic rings. The number of fused-ring (bicyclic) bond motifs is 1. The summed E-state index contributed by atoms with van der Waals surface area (Å²) in [6.45, 7) is -0.150. The first-order valence-corrected chi connectivity index (χ1v) is 6.75. The molecule has 1 aliphatic rings. The molecule has 0 saturated heterocycles. The highest BCUT2D eigenvalue weighted by molar-refractivity contribution is 5.66. The average Bonchev–Trinajstić information content (AvgIpc) is 2.42. The van der Waals surface area contributed by atoms with Crippen molar-refractivity contribution in [2.24, 2.45) is 5.92 Å². The van der Waals surface area contributed by atoms with Crippen LogP contribution in [-0.4, -0.2) is 24.3 Å². The zero-order valence-corrected chi connectivity index (χ0v) is 10.9. The molecular weight excluding hydrogens is 244 g/mol. The molecule has 0 aliphatic heterocycles. The third-order valence-corrected chi connectivity index (χ3v) is 3.66. The fraction of sp³-hybridized carbons (Fsp3) is 0.533. The molecule has 4 heteroatoms. The minimum Gasteiger partial charge on any atom is -0.546 e. The van der Waals surface area contributed by atoms with Crippen molar-refractivity contribution in [1.82, 2.24) is 0 Å². The molecule has 0 heterocycles. The Labute approximate surface area is 113 Å². The fourth-order valence-corrected chi connectivity index (χ4v) is 2.75. The lowest BCUT2D eigenvalue weighted by Gasteiger charge is -2.26. The van der Waals surface area contributed by atoms with E-state index in [2.05, 4.69) is 6.07 Å². The van der Waals surface area contributed by atoms with Gasteiger partial charge >= 0.3 is 0 Å². The number of ether oxygens (including phenoxy) is 1. The lowest BCUT2D eigenvalue weighted by atomic mass is 9.81. The highest BCUT2D eigenvalue weighted by atomic mass is 16.5. The van der Waals surface area contributed by atoms with Crippen molar-refractivity contribution in [3.8, 4) is 5.75 Å². The third-order valence-electron chi connectivity index (χ3n) is 3.66. The number of carbonyl (C=O) groups is 1. The number of benzene rings is 1. The van der Waals surface area contributed by atoms with Gasteiger partial charge in [-0.1, -0.05) is 12.1 Å². The molecule has 0 aromatic heterocycles. The number of carbonyl (C=O) groups excluding carboxylic acids is 1. The van der Waals surface area contributed by atoms with Crippen LogP contribution in [0.1, 0.15) is 30.4 Å². The fourth-order valence-electron chi connectivity index (χ4n) is 2.75. The van der Waals surface area contributed by atoms with Crippen molar-refractivity contribution in [3.05, 3.63) is 29.3 Å². The Bertz CT molecular complexity index is 442.